The van der Waals surface area contributed by atoms with Gasteiger partial charge in [-0.1, -0.05) is 11.6 Å². The van der Waals surface area contributed by atoms with E-state index < -0.39 is 33.6 Å². The van der Waals surface area contributed by atoms with Crippen LogP contribution in [0.2, 0.25) is 0 Å². The molecule has 1 aliphatic rings. The Bertz CT molecular complexity index is 664. The molecule has 0 spiro atoms. The van der Waals surface area contributed by atoms with E-state index in [1.807, 2.05) is 0 Å². The molecule has 0 bridgehead atoms. The van der Waals surface area contributed by atoms with Gasteiger partial charge in [0.25, 0.3) is 0 Å². The first-order chi connectivity index (χ1) is 9.85. The van der Waals surface area contributed by atoms with Gasteiger partial charge in [-0.05, 0) is 31.0 Å². The normalized spacial score (nSPS) is 23.4. The highest BCUT2D eigenvalue weighted by atomic mass is 32.2. The molecule has 0 radical (unpaired) electrons. The summed E-state index contributed by atoms with van der Waals surface area (Å²) in [4.78, 5) is -0.369. The molecule has 0 aromatic heterocycles. The quantitative estimate of drug-likeness (QED) is 0.335. The molecule has 6 nitrogen and oxygen atoms in total. The first-order valence-corrected chi connectivity index (χ1v) is 7.78. The molecule has 4 N–H and O–H groups in total. The molecule has 2 unspecified atom stereocenters. The smallest absolute Gasteiger partial charge is 0.240 e. The van der Waals surface area contributed by atoms with E-state index in [9.17, 15) is 17.2 Å². The Morgan fingerprint density at radius 3 is 2.67 bits per heavy atom. The average Bonchev–Trinajstić information content (AvgIpc) is 2.88. The zero-order chi connectivity index (χ0) is 15.6. The summed E-state index contributed by atoms with van der Waals surface area (Å²) >= 11 is 0. The molecule has 1 saturated carbocycles. The molecule has 1 fully saturated rings. The van der Waals surface area contributed by atoms with E-state index in [-0.39, 0.29) is 10.7 Å². The van der Waals surface area contributed by atoms with Crippen LogP contribution in [0.15, 0.2) is 28.3 Å². The lowest BCUT2D eigenvalue weighted by Crippen LogP contribution is -2.42. The highest BCUT2D eigenvalue weighted by molar-refractivity contribution is 7.89. The standard InChI is InChI=1S/C12H15F2N3O3S/c13-9-5-4-7(6-10(9)14)21(19,20)17-11-3-1-2-8(11)12(15)16-18/h4-6,8,11,17-18H,1-3H2,(H2,15,16). The summed E-state index contributed by atoms with van der Waals surface area (Å²) in [6.45, 7) is 0. The van der Waals surface area contributed by atoms with E-state index in [2.05, 4.69) is 9.88 Å². The van der Waals surface area contributed by atoms with Crippen LogP contribution in [0, 0.1) is 17.6 Å². The minimum atomic E-state index is -4.01. The molecule has 0 amide bonds. The molecule has 1 aliphatic carbocycles. The maximum atomic E-state index is 13.1. The number of hydrogen-bond acceptors (Lipinski definition) is 4. The fourth-order valence-electron chi connectivity index (χ4n) is 2.44. The van der Waals surface area contributed by atoms with Crippen LogP contribution < -0.4 is 10.5 Å². The van der Waals surface area contributed by atoms with Crippen LogP contribution in [-0.2, 0) is 10.0 Å². The summed E-state index contributed by atoms with van der Waals surface area (Å²) in [5.74, 6) is -2.83. The molecule has 1 aromatic carbocycles. The number of nitrogens with zero attached hydrogens (tertiary/aromatic N) is 1. The monoisotopic (exact) mass is 319 g/mol. The Labute approximate surface area is 120 Å². The average molecular weight is 319 g/mol. The highest BCUT2D eigenvalue weighted by Crippen LogP contribution is 2.27. The summed E-state index contributed by atoms with van der Waals surface area (Å²) in [5.41, 5.74) is 5.53. The zero-order valence-corrected chi connectivity index (χ0v) is 11.8. The van der Waals surface area contributed by atoms with Crippen molar-refractivity contribution in [3.63, 3.8) is 0 Å². The van der Waals surface area contributed by atoms with Gasteiger partial charge in [0.05, 0.1) is 4.90 Å². The van der Waals surface area contributed by atoms with Crippen molar-refractivity contribution in [3.8, 4) is 0 Å². The van der Waals surface area contributed by atoms with Crippen LogP contribution in [0.3, 0.4) is 0 Å². The molecule has 0 heterocycles. The predicted molar refractivity (Wildman–Crippen MR) is 71.2 cm³/mol. The first-order valence-electron chi connectivity index (χ1n) is 6.30. The molecule has 0 saturated heterocycles. The maximum absolute atomic E-state index is 13.1. The topological polar surface area (TPSA) is 105 Å². The van der Waals surface area contributed by atoms with Gasteiger partial charge in [-0.2, -0.15) is 0 Å². The van der Waals surface area contributed by atoms with Gasteiger partial charge in [-0.3, -0.25) is 0 Å². The van der Waals surface area contributed by atoms with Gasteiger partial charge < -0.3 is 10.9 Å². The van der Waals surface area contributed by atoms with Crippen LogP contribution >= 0.6 is 0 Å². The third-order valence-corrected chi connectivity index (χ3v) is 5.01. The van der Waals surface area contributed by atoms with E-state index in [0.717, 1.165) is 12.1 Å². The van der Waals surface area contributed by atoms with Crippen molar-refractivity contribution in [2.24, 2.45) is 16.8 Å². The van der Waals surface area contributed by atoms with E-state index in [1.165, 1.54) is 0 Å². The lowest BCUT2D eigenvalue weighted by atomic mass is 10.0. The molecule has 2 atom stereocenters. The Kier molecular flexibility index (Phi) is 4.43. The lowest BCUT2D eigenvalue weighted by molar-refractivity contribution is 0.312. The molecule has 21 heavy (non-hydrogen) atoms. The molecule has 2 rings (SSSR count). The zero-order valence-electron chi connectivity index (χ0n) is 11.0. The summed E-state index contributed by atoms with van der Waals surface area (Å²) in [6, 6.07) is 1.80. The van der Waals surface area contributed by atoms with Crippen LogP contribution in [0.5, 0.6) is 0 Å². The van der Waals surface area contributed by atoms with Crippen molar-refractivity contribution in [2.45, 2.75) is 30.2 Å². The van der Waals surface area contributed by atoms with E-state index in [1.54, 1.807) is 0 Å². The van der Waals surface area contributed by atoms with Crippen LogP contribution in [0.4, 0.5) is 8.78 Å². The number of sulfonamides is 1. The molecule has 1 aromatic rings. The largest absolute Gasteiger partial charge is 0.409 e. The summed E-state index contributed by atoms with van der Waals surface area (Å²) in [6.07, 6.45) is 1.82. The van der Waals surface area contributed by atoms with E-state index >= 15 is 0 Å². The number of nitrogens with one attached hydrogen (secondary N) is 1. The van der Waals surface area contributed by atoms with E-state index in [0.29, 0.717) is 25.3 Å². The Hall–Kier alpha value is -1.74. The van der Waals surface area contributed by atoms with Crippen molar-refractivity contribution >= 4 is 15.9 Å². The van der Waals surface area contributed by atoms with Crippen LogP contribution in [0.25, 0.3) is 0 Å². The Morgan fingerprint density at radius 1 is 1.33 bits per heavy atom. The SMILES string of the molecule is NC(=NO)C1CCCC1NS(=O)(=O)c1ccc(F)c(F)c1. The van der Waals surface area contributed by atoms with E-state index in [4.69, 9.17) is 10.9 Å². The summed E-state index contributed by atoms with van der Waals surface area (Å²) < 4.78 is 52.7. The second-order valence-electron chi connectivity index (χ2n) is 4.87. The van der Waals surface area contributed by atoms with Gasteiger partial charge in [-0.15, -0.1) is 0 Å². The number of hydrogen-bond donors (Lipinski definition) is 3. The third kappa shape index (κ3) is 3.30. The Balaban J connectivity index is 2.22. The van der Waals surface area contributed by atoms with Crippen molar-refractivity contribution in [3.05, 3.63) is 29.8 Å². The van der Waals surface area contributed by atoms with Crippen LogP contribution in [0.1, 0.15) is 19.3 Å². The highest BCUT2D eigenvalue weighted by Gasteiger charge is 2.34. The molecule has 9 heteroatoms. The second-order valence-corrected chi connectivity index (χ2v) is 6.58. The fourth-order valence-corrected chi connectivity index (χ4v) is 3.76. The van der Waals surface area contributed by atoms with Gasteiger partial charge in [0.15, 0.2) is 11.6 Å². The van der Waals surface area contributed by atoms with Gasteiger partial charge in [0, 0.05) is 12.0 Å². The van der Waals surface area contributed by atoms with Gasteiger partial charge in [0.2, 0.25) is 10.0 Å². The summed E-state index contributed by atoms with van der Waals surface area (Å²) in [7, 11) is -4.01. The van der Waals surface area contributed by atoms with Gasteiger partial charge in [-0.25, -0.2) is 21.9 Å². The Morgan fingerprint density at radius 2 is 2.05 bits per heavy atom. The number of oxime groups is 1. The minimum absolute atomic E-state index is 0.0505. The number of halogens is 2. The lowest BCUT2D eigenvalue weighted by Gasteiger charge is -2.19. The summed E-state index contributed by atoms with van der Waals surface area (Å²) in [5, 5.41) is 11.6. The molecular formula is C12H15F2N3O3S. The van der Waals surface area contributed by atoms with Crippen molar-refractivity contribution < 1.29 is 22.4 Å². The number of rotatable bonds is 4. The fraction of sp³-hybridized carbons (Fsp3) is 0.417. The number of benzene rings is 1. The minimum Gasteiger partial charge on any atom is -0.409 e. The van der Waals surface area contributed by atoms with Crippen molar-refractivity contribution in [1.82, 2.24) is 4.72 Å². The van der Waals surface area contributed by atoms with Crippen molar-refractivity contribution in [2.75, 3.05) is 0 Å². The van der Waals surface area contributed by atoms with Crippen LogP contribution in [-0.4, -0.2) is 25.5 Å². The molecule has 116 valence electrons. The van der Waals surface area contributed by atoms with Gasteiger partial charge in [0.1, 0.15) is 5.84 Å². The maximum Gasteiger partial charge on any atom is 0.240 e. The third-order valence-electron chi connectivity index (χ3n) is 3.52. The van der Waals surface area contributed by atoms with Gasteiger partial charge >= 0.3 is 0 Å². The molecular weight excluding hydrogens is 304 g/mol. The number of nitrogens with two attached hydrogens (primary N) is 1. The second kappa shape index (κ2) is 5.94. The number of amidine groups is 1. The van der Waals surface area contributed by atoms with Crippen molar-refractivity contribution in [1.29, 1.82) is 0 Å². The first kappa shape index (κ1) is 15.6. The molecule has 0 aliphatic heterocycles. The predicted octanol–water partition coefficient (Wildman–Crippen LogP) is 1.16.